The van der Waals surface area contributed by atoms with Crippen LogP contribution in [-0.4, -0.2) is 38.7 Å². The molecule has 2 heterocycles. The number of aromatic amines is 1. The lowest BCUT2D eigenvalue weighted by Gasteiger charge is -2.05. The number of carbonyl (C=O) groups excluding carboxylic acids is 1. The molecular formula is C11H12F3N5O2. The number of hydrogen-bond acceptors (Lipinski definition) is 4. The summed E-state index contributed by atoms with van der Waals surface area (Å²) in [4.78, 5) is 12.0. The van der Waals surface area contributed by atoms with Gasteiger partial charge < -0.3 is 10.1 Å². The molecule has 0 aliphatic rings. The van der Waals surface area contributed by atoms with Crippen molar-refractivity contribution in [2.75, 3.05) is 11.9 Å². The molecule has 21 heavy (non-hydrogen) atoms. The molecule has 0 unspecified atom stereocenters. The molecule has 0 aliphatic heterocycles. The van der Waals surface area contributed by atoms with E-state index in [-0.39, 0.29) is 11.6 Å². The Labute approximate surface area is 117 Å². The van der Waals surface area contributed by atoms with Gasteiger partial charge in [-0.25, -0.2) is 0 Å². The highest BCUT2D eigenvalue weighted by molar-refractivity contribution is 6.02. The van der Waals surface area contributed by atoms with E-state index in [9.17, 15) is 18.0 Å². The van der Waals surface area contributed by atoms with Gasteiger partial charge in [0.05, 0.1) is 0 Å². The van der Waals surface area contributed by atoms with E-state index in [0.29, 0.717) is 5.82 Å². The summed E-state index contributed by atoms with van der Waals surface area (Å²) in [6, 6.07) is 2.73. The van der Waals surface area contributed by atoms with Crippen molar-refractivity contribution in [1.82, 2.24) is 20.0 Å². The van der Waals surface area contributed by atoms with E-state index in [0.717, 1.165) is 16.4 Å². The predicted octanol–water partition coefficient (Wildman–Crippen LogP) is 1.65. The van der Waals surface area contributed by atoms with Gasteiger partial charge in [-0.15, -0.1) is 5.10 Å². The number of rotatable bonds is 4. The number of carbonyl (C=O) groups is 1. The van der Waals surface area contributed by atoms with Crippen molar-refractivity contribution < 1.29 is 22.7 Å². The number of amides is 1. The van der Waals surface area contributed by atoms with Crippen molar-refractivity contribution >= 4 is 11.7 Å². The number of nitrogens with one attached hydrogen (secondary N) is 2. The van der Waals surface area contributed by atoms with Crippen LogP contribution in [0.15, 0.2) is 12.1 Å². The molecule has 0 saturated carbocycles. The summed E-state index contributed by atoms with van der Waals surface area (Å²) >= 11 is 0. The lowest BCUT2D eigenvalue weighted by Crippen LogP contribution is -2.19. The minimum absolute atomic E-state index is 0.0489. The number of nitrogens with zero attached hydrogens (tertiary/aromatic N) is 3. The Bertz CT molecular complexity index is 647. The second-order valence-electron chi connectivity index (χ2n) is 4.29. The molecule has 0 fully saturated rings. The van der Waals surface area contributed by atoms with E-state index < -0.39 is 18.7 Å². The summed E-state index contributed by atoms with van der Waals surface area (Å²) < 4.78 is 41.7. The van der Waals surface area contributed by atoms with E-state index in [1.165, 1.54) is 7.05 Å². The SMILES string of the molecule is Cc1cc(NC(=O)c2cc(OCC(F)(F)F)nn2C)n[nH]1. The Morgan fingerprint density at radius 2 is 2.19 bits per heavy atom. The van der Waals surface area contributed by atoms with Crippen LogP contribution < -0.4 is 10.1 Å². The Hall–Kier alpha value is -2.52. The van der Waals surface area contributed by atoms with Crippen LogP contribution in [0.3, 0.4) is 0 Å². The number of hydrogen-bond donors (Lipinski definition) is 2. The molecule has 1 amide bonds. The maximum atomic E-state index is 12.0. The van der Waals surface area contributed by atoms with Crippen molar-refractivity contribution in [2.24, 2.45) is 7.05 Å². The smallest absolute Gasteiger partial charge is 0.422 e. The fraction of sp³-hybridized carbons (Fsp3) is 0.364. The van der Waals surface area contributed by atoms with E-state index >= 15 is 0 Å². The Morgan fingerprint density at radius 1 is 1.48 bits per heavy atom. The number of aryl methyl sites for hydroxylation is 2. The van der Waals surface area contributed by atoms with Crippen molar-refractivity contribution in [3.63, 3.8) is 0 Å². The molecule has 2 N–H and O–H groups in total. The molecular weight excluding hydrogens is 291 g/mol. The summed E-state index contributed by atoms with van der Waals surface area (Å²) in [5, 5.41) is 12.6. The second-order valence-corrected chi connectivity index (χ2v) is 4.29. The quantitative estimate of drug-likeness (QED) is 0.899. The third kappa shape index (κ3) is 3.97. The number of H-pyrrole nitrogens is 1. The van der Waals surface area contributed by atoms with Crippen molar-refractivity contribution in [1.29, 1.82) is 0 Å². The summed E-state index contributed by atoms with van der Waals surface area (Å²) in [5.74, 6) is -0.534. The van der Waals surface area contributed by atoms with Crippen LogP contribution in [0.2, 0.25) is 0 Å². The molecule has 0 radical (unpaired) electrons. The maximum absolute atomic E-state index is 12.0. The average Bonchev–Trinajstić information content (AvgIpc) is 2.92. The number of anilines is 1. The molecule has 0 saturated heterocycles. The number of aromatic nitrogens is 4. The summed E-state index contributed by atoms with van der Waals surface area (Å²) in [6.45, 7) is 0.291. The molecule has 0 bridgehead atoms. The van der Waals surface area contributed by atoms with E-state index in [1.807, 2.05) is 0 Å². The number of ether oxygens (including phenoxy) is 1. The van der Waals surface area contributed by atoms with Crippen molar-refractivity contribution in [3.8, 4) is 5.88 Å². The van der Waals surface area contributed by atoms with Crippen LogP contribution in [0, 0.1) is 6.92 Å². The molecule has 10 heteroatoms. The van der Waals surface area contributed by atoms with Gasteiger partial charge in [0.15, 0.2) is 12.4 Å². The second kappa shape index (κ2) is 5.46. The Balaban J connectivity index is 2.06. The van der Waals surface area contributed by atoms with Gasteiger partial charge in [0.1, 0.15) is 5.69 Å². The fourth-order valence-electron chi connectivity index (χ4n) is 1.54. The highest BCUT2D eigenvalue weighted by Crippen LogP contribution is 2.18. The van der Waals surface area contributed by atoms with Crippen molar-refractivity contribution in [2.45, 2.75) is 13.1 Å². The van der Waals surface area contributed by atoms with Gasteiger partial charge in [0.25, 0.3) is 5.91 Å². The maximum Gasteiger partial charge on any atom is 0.422 e. The predicted molar refractivity (Wildman–Crippen MR) is 66.0 cm³/mol. The summed E-state index contributed by atoms with van der Waals surface area (Å²) in [7, 11) is 1.42. The lowest BCUT2D eigenvalue weighted by molar-refractivity contribution is -0.154. The third-order valence-electron chi connectivity index (χ3n) is 2.42. The minimum Gasteiger partial charge on any atom is -0.467 e. The van der Waals surface area contributed by atoms with Crippen LogP contribution in [-0.2, 0) is 7.05 Å². The lowest BCUT2D eigenvalue weighted by atomic mass is 10.4. The van der Waals surface area contributed by atoms with Crippen LogP contribution in [0.4, 0.5) is 19.0 Å². The monoisotopic (exact) mass is 303 g/mol. The van der Waals surface area contributed by atoms with Crippen LogP contribution >= 0.6 is 0 Å². The molecule has 0 aliphatic carbocycles. The zero-order valence-corrected chi connectivity index (χ0v) is 11.2. The third-order valence-corrected chi connectivity index (χ3v) is 2.42. The molecule has 2 aromatic rings. The largest absolute Gasteiger partial charge is 0.467 e. The molecule has 2 rings (SSSR count). The minimum atomic E-state index is -4.47. The van der Waals surface area contributed by atoms with Gasteiger partial charge in [-0.2, -0.15) is 18.3 Å². The first kappa shape index (κ1) is 14.9. The Kier molecular flexibility index (Phi) is 3.87. The fourth-order valence-corrected chi connectivity index (χ4v) is 1.54. The van der Waals surface area contributed by atoms with Crippen LogP contribution in [0.1, 0.15) is 16.2 Å². The van der Waals surface area contributed by atoms with Gasteiger partial charge in [0, 0.05) is 24.9 Å². The summed E-state index contributed by atoms with van der Waals surface area (Å²) in [6.07, 6.45) is -4.47. The molecule has 0 aromatic carbocycles. The number of alkyl halides is 3. The van der Waals surface area contributed by atoms with Crippen LogP contribution in [0.25, 0.3) is 0 Å². The molecule has 7 nitrogen and oxygen atoms in total. The van der Waals surface area contributed by atoms with E-state index in [4.69, 9.17) is 0 Å². The van der Waals surface area contributed by atoms with Gasteiger partial charge in [-0.3, -0.25) is 14.6 Å². The van der Waals surface area contributed by atoms with E-state index in [2.05, 4.69) is 25.3 Å². The highest BCUT2D eigenvalue weighted by Gasteiger charge is 2.29. The summed E-state index contributed by atoms with van der Waals surface area (Å²) in [5.41, 5.74) is 0.803. The molecule has 0 spiro atoms. The number of halogens is 3. The van der Waals surface area contributed by atoms with E-state index in [1.54, 1.807) is 13.0 Å². The average molecular weight is 303 g/mol. The topological polar surface area (TPSA) is 84.8 Å². The first-order chi connectivity index (χ1) is 9.74. The zero-order valence-electron chi connectivity index (χ0n) is 11.2. The molecule has 114 valence electrons. The Morgan fingerprint density at radius 3 is 2.76 bits per heavy atom. The van der Waals surface area contributed by atoms with Gasteiger partial charge in [-0.05, 0) is 6.92 Å². The first-order valence-electron chi connectivity index (χ1n) is 5.81. The van der Waals surface area contributed by atoms with Gasteiger partial charge in [0.2, 0.25) is 5.88 Å². The zero-order chi connectivity index (χ0) is 15.6. The molecule has 0 atom stereocenters. The first-order valence-corrected chi connectivity index (χ1v) is 5.81. The van der Waals surface area contributed by atoms with Gasteiger partial charge in [-0.1, -0.05) is 0 Å². The van der Waals surface area contributed by atoms with Crippen LogP contribution in [0.5, 0.6) is 5.88 Å². The van der Waals surface area contributed by atoms with Gasteiger partial charge >= 0.3 is 6.18 Å². The standard InChI is InChI=1S/C11H12F3N5O2/c1-6-3-8(17-16-6)15-10(20)7-4-9(18-19(7)2)21-5-11(12,13)14/h3-4H,5H2,1-2H3,(H2,15,16,17,20). The normalized spacial score (nSPS) is 11.5. The van der Waals surface area contributed by atoms with Crippen molar-refractivity contribution in [3.05, 3.63) is 23.5 Å². The molecule has 2 aromatic heterocycles. The highest BCUT2D eigenvalue weighted by atomic mass is 19.4.